The van der Waals surface area contributed by atoms with Crippen molar-refractivity contribution in [1.82, 2.24) is 9.55 Å². The average molecular weight is 399 g/mol. The van der Waals surface area contributed by atoms with Gasteiger partial charge in [0.15, 0.2) is 0 Å². The Morgan fingerprint density at radius 2 is 1.67 bits per heavy atom. The molecule has 0 aliphatic carbocycles. The van der Waals surface area contributed by atoms with Gasteiger partial charge in [0, 0.05) is 29.8 Å². The molecule has 0 radical (unpaired) electrons. The van der Waals surface area contributed by atoms with Crippen LogP contribution in [0.1, 0.15) is 17.0 Å². The number of para-hydroxylation sites is 1. The van der Waals surface area contributed by atoms with E-state index in [0.29, 0.717) is 18.5 Å². The van der Waals surface area contributed by atoms with Gasteiger partial charge in [-0.3, -0.25) is 10.1 Å². The largest absolute Gasteiger partial charge is 0.497 e. The minimum absolute atomic E-state index is 0.114. The molecule has 0 bridgehead atoms. The molecule has 4 rings (SSSR count). The van der Waals surface area contributed by atoms with Crippen LogP contribution in [0.3, 0.4) is 0 Å². The van der Waals surface area contributed by atoms with Crippen molar-refractivity contribution in [1.29, 1.82) is 0 Å². The van der Waals surface area contributed by atoms with Gasteiger partial charge < -0.3 is 9.30 Å². The summed E-state index contributed by atoms with van der Waals surface area (Å²) in [6.45, 7) is 0.377. The molecule has 0 aliphatic rings. The number of nitrogens with zero attached hydrogens (tertiary/aromatic N) is 3. The molecule has 1 heterocycles. The zero-order chi connectivity index (χ0) is 20.9. The highest BCUT2D eigenvalue weighted by Crippen LogP contribution is 2.24. The number of benzene rings is 3. The number of methoxy groups -OCH3 is 1. The van der Waals surface area contributed by atoms with Gasteiger partial charge >= 0.3 is 0 Å². The van der Waals surface area contributed by atoms with Crippen LogP contribution in [-0.4, -0.2) is 21.6 Å². The molecular formula is C24H21N3O3. The third-order valence-electron chi connectivity index (χ3n) is 4.98. The lowest BCUT2D eigenvalue weighted by molar-refractivity contribution is -0.385. The third kappa shape index (κ3) is 4.22. The van der Waals surface area contributed by atoms with Gasteiger partial charge in [0.05, 0.1) is 24.3 Å². The molecule has 0 N–H and O–H groups in total. The van der Waals surface area contributed by atoms with Gasteiger partial charge in [0.25, 0.3) is 5.69 Å². The summed E-state index contributed by atoms with van der Waals surface area (Å²) in [6.07, 6.45) is 2.57. The van der Waals surface area contributed by atoms with E-state index in [0.717, 1.165) is 28.4 Å². The SMILES string of the molecule is COc1ccc(Cc2nc(-c3ccccc3)cn2Cc2ccccc2[N+](=O)[O-])cc1. The number of nitro benzene ring substituents is 1. The molecule has 30 heavy (non-hydrogen) atoms. The van der Waals surface area contributed by atoms with Crippen molar-refractivity contribution in [2.75, 3.05) is 7.11 Å². The van der Waals surface area contributed by atoms with Crippen LogP contribution in [0.5, 0.6) is 5.75 Å². The van der Waals surface area contributed by atoms with Crippen LogP contribution in [0.25, 0.3) is 11.3 Å². The predicted octanol–water partition coefficient (Wildman–Crippen LogP) is 5.11. The molecule has 6 nitrogen and oxygen atoms in total. The van der Waals surface area contributed by atoms with Crippen molar-refractivity contribution in [3.63, 3.8) is 0 Å². The van der Waals surface area contributed by atoms with Crippen molar-refractivity contribution in [3.05, 3.63) is 112 Å². The van der Waals surface area contributed by atoms with Gasteiger partial charge in [-0.15, -0.1) is 0 Å². The fourth-order valence-corrected chi connectivity index (χ4v) is 3.41. The van der Waals surface area contributed by atoms with Crippen LogP contribution in [0, 0.1) is 10.1 Å². The fourth-order valence-electron chi connectivity index (χ4n) is 3.41. The smallest absolute Gasteiger partial charge is 0.274 e. The lowest BCUT2D eigenvalue weighted by atomic mass is 10.1. The lowest BCUT2D eigenvalue weighted by Crippen LogP contribution is -2.07. The van der Waals surface area contributed by atoms with E-state index in [2.05, 4.69) is 0 Å². The van der Waals surface area contributed by atoms with E-state index >= 15 is 0 Å². The monoisotopic (exact) mass is 399 g/mol. The maximum Gasteiger partial charge on any atom is 0.274 e. The number of hydrogen-bond acceptors (Lipinski definition) is 4. The molecule has 0 amide bonds. The normalized spacial score (nSPS) is 10.7. The Balaban J connectivity index is 1.72. The average Bonchev–Trinajstić information content (AvgIpc) is 3.17. The lowest BCUT2D eigenvalue weighted by Gasteiger charge is -2.09. The highest BCUT2D eigenvalue weighted by molar-refractivity contribution is 5.58. The first kappa shape index (κ1) is 19.4. The van der Waals surface area contributed by atoms with Crippen molar-refractivity contribution in [3.8, 4) is 17.0 Å². The van der Waals surface area contributed by atoms with Gasteiger partial charge in [-0.1, -0.05) is 60.7 Å². The first-order chi connectivity index (χ1) is 14.6. The predicted molar refractivity (Wildman–Crippen MR) is 116 cm³/mol. The van der Waals surface area contributed by atoms with Gasteiger partial charge in [0.2, 0.25) is 0 Å². The molecule has 1 aromatic heterocycles. The molecule has 0 fully saturated rings. The Hall–Kier alpha value is -3.93. The molecule has 0 saturated heterocycles. The third-order valence-corrected chi connectivity index (χ3v) is 4.98. The van der Waals surface area contributed by atoms with Crippen LogP contribution < -0.4 is 4.74 Å². The molecule has 3 aromatic carbocycles. The van der Waals surface area contributed by atoms with E-state index in [1.807, 2.05) is 71.4 Å². The molecule has 0 unspecified atom stereocenters. The first-order valence-corrected chi connectivity index (χ1v) is 9.61. The number of rotatable bonds is 7. The second kappa shape index (κ2) is 8.61. The quantitative estimate of drug-likeness (QED) is 0.320. The molecule has 0 atom stereocenters. The molecule has 0 saturated carbocycles. The molecule has 0 spiro atoms. The summed E-state index contributed by atoms with van der Waals surface area (Å²) < 4.78 is 7.23. The first-order valence-electron chi connectivity index (χ1n) is 9.61. The van der Waals surface area contributed by atoms with Gasteiger partial charge in [-0.05, 0) is 17.7 Å². The second-order valence-corrected chi connectivity index (χ2v) is 6.95. The van der Waals surface area contributed by atoms with Crippen LogP contribution in [0.2, 0.25) is 0 Å². The van der Waals surface area contributed by atoms with Crippen LogP contribution in [0.4, 0.5) is 5.69 Å². The summed E-state index contributed by atoms with van der Waals surface area (Å²) in [4.78, 5) is 16.0. The van der Waals surface area contributed by atoms with E-state index in [4.69, 9.17) is 9.72 Å². The molecule has 0 aliphatic heterocycles. The van der Waals surface area contributed by atoms with E-state index in [-0.39, 0.29) is 10.6 Å². The topological polar surface area (TPSA) is 70.2 Å². The van der Waals surface area contributed by atoms with Crippen molar-refractivity contribution in [2.45, 2.75) is 13.0 Å². The Labute approximate surface area is 174 Å². The number of ether oxygens (including phenoxy) is 1. The summed E-state index contributed by atoms with van der Waals surface area (Å²) in [5.74, 6) is 1.64. The Morgan fingerprint density at radius 1 is 0.967 bits per heavy atom. The van der Waals surface area contributed by atoms with Gasteiger partial charge in [-0.25, -0.2) is 4.98 Å². The summed E-state index contributed by atoms with van der Waals surface area (Å²) in [6, 6.07) is 24.6. The Morgan fingerprint density at radius 3 is 2.37 bits per heavy atom. The zero-order valence-electron chi connectivity index (χ0n) is 16.6. The van der Waals surface area contributed by atoms with Crippen LogP contribution in [-0.2, 0) is 13.0 Å². The summed E-state index contributed by atoms with van der Waals surface area (Å²) in [5.41, 5.74) is 3.70. The molecule has 6 heteroatoms. The van der Waals surface area contributed by atoms with E-state index < -0.39 is 0 Å². The molecule has 4 aromatic rings. The number of imidazole rings is 1. The number of hydrogen-bond donors (Lipinski definition) is 0. The minimum atomic E-state index is -0.340. The zero-order valence-corrected chi connectivity index (χ0v) is 16.6. The summed E-state index contributed by atoms with van der Waals surface area (Å²) >= 11 is 0. The Bertz CT molecular complexity index is 1150. The van der Waals surface area contributed by atoms with E-state index in [9.17, 15) is 10.1 Å². The highest BCUT2D eigenvalue weighted by Gasteiger charge is 2.16. The maximum atomic E-state index is 11.4. The van der Waals surface area contributed by atoms with E-state index in [1.165, 1.54) is 6.07 Å². The second-order valence-electron chi connectivity index (χ2n) is 6.95. The van der Waals surface area contributed by atoms with E-state index in [1.54, 1.807) is 19.2 Å². The minimum Gasteiger partial charge on any atom is -0.497 e. The fraction of sp³-hybridized carbons (Fsp3) is 0.125. The van der Waals surface area contributed by atoms with Gasteiger partial charge in [0.1, 0.15) is 11.6 Å². The summed E-state index contributed by atoms with van der Waals surface area (Å²) in [7, 11) is 1.64. The number of nitro groups is 1. The molecule has 150 valence electrons. The van der Waals surface area contributed by atoms with Crippen molar-refractivity contribution in [2.24, 2.45) is 0 Å². The standard InChI is InChI=1S/C24H21N3O3/c1-30-21-13-11-18(12-14-21)15-24-25-22(19-7-3-2-4-8-19)17-26(24)16-20-9-5-6-10-23(20)27(28)29/h2-14,17H,15-16H2,1H3. The van der Waals surface area contributed by atoms with Crippen LogP contribution in [0.15, 0.2) is 85.1 Å². The number of aromatic nitrogens is 2. The Kier molecular flexibility index (Phi) is 5.57. The summed E-state index contributed by atoms with van der Waals surface area (Å²) in [5, 5.41) is 11.4. The molecular weight excluding hydrogens is 378 g/mol. The van der Waals surface area contributed by atoms with Gasteiger partial charge in [-0.2, -0.15) is 0 Å². The van der Waals surface area contributed by atoms with Crippen molar-refractivity contribution < 1.29 is 9.66 Å². The van der Waals surface area contributed by atoms with Crippen molar-refractivity contribution >= 4 is 5.69 Å². The highest BCUT2D eigenvalue weighted by atomic mass is 16.6. The van der Waals surface area contributed by atoms with Crippen LogP contribution >= 0.6 is 0 Å². The maximum absolute atomic E-state index is 11.4.